The molecule has 9 heteroatoms. The van der Waals surface area contributed by atoms with E-state index in [1.165, 1.54) is 25.0 Å². The first kappa shape index (κ1) is 30.4. The van der Waals surface area contributed by atoms with Crippen LogP contribution in [0.25, 0.3) is 0 Å². The first-order chi connectivity index (χ1) is 18.1. The lowest BCUT2D eigenvalue weighted by Crippen LogP contribution is -2.59. The second-order valence-corrected chi connectivity index (χ2v) is 13.3. The third kappa shape index (κ3) is 9.89. The quantitative estimate of drug-likeness (QED) is 0.267. The number of halogens is 1. The lowest BCUT2D eigenvalue weighted by molar-refractivity contribution is -0.00823. The van der Waals surface area contributed by atoms with Crippen LogP contribution in [-0.2, 0) is 16.4 Å². The third-order valence-electron chi connectivity index (χ3n) is 7.91. The molecule has 2 fully saturated rings. The molecule has 1 unspecified atom stereocenters. The van der Waals surface area contributed by atoms with Crippen LogP contribution in [0.1, 0.15) is 65.4 Å². The summed E-state index contributed by atoms with van der Waals surface area (Å²) in [6, 6.07) is 6.55. The van der Waals surface area contributed by atoms with E-state index in [0.29, 0.717) is 11.3 Å². The number of benzene rings is 1. The van der Waals surface area contributed by atoms with E-state index in [2.05, 4.69) is 31.4 Å². The molecule has 7 nitrogen and oxygen atoms in total. The summed E-state index contributed by atoms with van der Waals surface area (Å²) in [7, 11) is -3.13. The van der Waals surface area contributed by atoms with Crippen LogP contribution in [0.15, 0.2) is 46.0 Å². The van der Waals surface area contributed by atoms with E-state index in [4.69, 9.17) is 0 Å². The van der Waals surface area contributed by atoms with Crippen molar-refractivity contribution >= 4 is 22.7 Å². The van der Waals surface area contributed by atoms with Gasteiger partial charge in [0.2, 0.25) is 10.0 Å². The molecular weight excluding hydrogens is 501 g/mol. The molecule has 38 heavy (non-hydrogen) atoms. The zero-order valence-corrected chi connectivity index (χ0v) is 24.4. The number of rotatable bonds is 14. The average Bonchev–Trinajstić information content (AvgIpc) is 2.87. The largest absolute Gasteiger partial charge is 0.361 e. The van der Waals surface area contributed by atoms with Crippen LogP contribution in [-0.4, -0.2) is 75.4 Å². The van der Waals surface area contributed by atoms with Gasteiger partial charge in [0, 0.05) is 37.3 Å². The number of sulfonamides is 1. The van der Waals surface area contributed by atoms with Crippen LogP contribution in [0.3, 0.4) is 0 Å². The first-order valence-corrected chi connectivity index (χ1v) is 15.7. The summed E-state index contributed by atoms with van der Waals surface area (Å²) in [6.07, 6.45) is 11.5. The second kappa shape index (κ2) is 14.3. The number of piperidine rings is 1. The van der Waals surface area contributed by atoms with Crippen molar-refractivity contribution in [3.63, 3.8) is 0 Å². The average molecular weight is 548 g/mol. The van der Waals surface area contributed by atoms with Crippen molar-refractivity contribution < 1.29 is 12.8 Å². The summed E-state index contributed by atoms with van der Waals surface area (Å²) in [5, 5.41) is 0. The number of hydrogen-bond donors (Lipinski definition) is 1. The summed E-state index contributed by atoms with van der Waals surface area (Å²) in [5.74, 6) is 0.526. The van der Waals surface area contributed by atoms with Gasteiger partial charge in [-0.2, -0.15) is 0 Å². The molecule has 1 aromatic rings. The lowest BCUT2D eigenvalue weighted by Gasteiger charge is -2.53. The van der Waals surface area contributed by atoms with Crippen LogP contribution in [0.4, 0.5) is 4.39 Å². The maximum atomic E-state index is 13.0. The van der Waals surface area contributed by atoms with Crippen molar-refractivity contribution in [3.05, 3.63) is 47.4 Å². The Morgan fingerprint density at radius 1 is 1.13 bits per heavy atom. The second-order valence-electron chi connectivity index (χ2n) is 11.3. The topological polar surface area (TPSA) is 77.4 Å². The number of hydrogen-bond acceptors (Lipinski definition) is 4. The van der Waals surface area contributed by atoms with E-state index >= 15 is 0 Å². The van der Waals surface area contributed by atoms with E-state index in [1.54, 1.807) is 25.4 Å². The van der Waals surface area contributed by atoms with E-state index in [0.717, 1.165) is 69.5 Å². The predicted molar refractivity (Wildman–Crippen MR) is 156 cm³/mol. The van der Waals surface area contributed by atoms with Crippen LogP contribution >= 0.6 is 0 Å². The lowest BCUT2D eigenvalue weighted by atomic mass is 9.72. The number of allylic oxidation sites excluding steroid dienone is 1. The van der Waals surface area contributed by atoms with Gasteiger partial charge in [-0.25, -0.2) is 27.5 Å². The highest BCUT2D eigenvalue weighted by molar-refractivity contribution is 7.89. The van der Waals surface area contributed by atoms with E-state index in [9.17, 15) is 12.8 Å². The van der Waals surface area contributed by atoms with Gasteiger partial charge in [-0.05, 0) is 89.6 Å². The molecule has 0 saturated carbocycles. The Morgan fingerprint density at radius 2 is 1.82 bits per heavy atom. The van der Waals surface area contributed by atoms with Crippen molar-refractivity contribution in [2.75, 3.05) is 38.5 Å². The molecular formula is C29H46FN5O2S. The molecule has 212 valence electrons. The molecule has 2 aliphatic rings. The van der Waals surface area contributed by atoms with Gasteiger partial charge in [-0.15, -0.1) is 0 Å². The molecule has 0 aliphatic carbocycles. The summed E-state index contributed by atoms with van der Waals surface area (Å²) >= 11 is 0. The Morgan fingerprint density at radius 3 is 2.45 bits per heavy atom. The van der Waals surface area contributed by atoms with Crippen LogP contribution < -0.4 is 4.72 Å². The fourth-order valence-electron chi connectivity index (χ4n) is 5.44. The van der Waals surface area contributed by atoms with E-state index in [1.807, 2.05) is 26.4 Å². The molecule has 3 rings (SSSR count). The van der Waals surface area contributed by atoms with E-state index in [-0.39, 0.29) is 17.6 Å². The monoisotopic (exact) mass is 547 g/mol. The Bertz CT molecular complexity index is 1050. The summed E-state index contributed by atoms with van der Waals surface area (Å²) in [5.41, 5.74) is 2.58. The van der Waals surface area contributed by atoms with Crippen molar-refractivity contribution in [1.29, 1.82) is 0 Å². The molecule has 0 radical (unpaired) electrons. The minimum atomic E-state index is -3.13. The zero-order chi connectivity index (χ0) is 27.6. The fraction of sp³-hybridized carbons (Fsp3) is 0.655. The summed E-state index contributed by atoms with van der Waals surface area (Å²) < 4.78 is 39.4. The molecule has 1 N–H and O–H groups in total. The highest BCUT2D eigenvalue weighted by Crippen LogP contribution is 2.40. The number of likely N-dealkylation sites (tertiary alicyclic amines) is 2. The van der Waals surface area contributed by atoms with Crippen molar-refractivity contribution in [2.45, 2.75) is 72.3 Å². The van der Waals surface area contributed by atoms with Gasteiger partial charge in [0.25, 0.3) is 0 Å². The molecule has 2 saturated heterocycles. The van der Waals surface area contributed by atoms with Gasteiger partial charge in [0.05, 0.1) is 12.1 Å². The number of aliphatic imine (C=N–C) groups is 2. The van der Waals surface area contributed by atoms with Gasteiger partial charge in [0.1, 0.15) is 12.2 Å². The Hall–Kier alpha value is -2.10. The SMILES string of the molecule is CC[C@@H](CCC(C)NS(=O)(=O)CC)CN1CCC2(CC1)CN(C=NC=N/C=C(\C)Cc1ccc(F)cc1)C2. The highest BCUT2D eigenvalue weighted by Gasteiger charge is 2.44. The molecule has 2 heterocycles. The molecule has 1 spiro atoms. The van der Waals surface area contributed by atoms with Gasteiger partial charge in [0.15, 0.2) is 0 Å². The van der Waals surface area contributed by atoms with Crippen molar-refractivity contribution in [1.82, 2.24) is 14.5 Å². The molecule has 1 aromatic carbocycles. The maximum absolute atomic E-state index is 13.0. The summed E-state index contributed by atoms with van der Waals surface area (Å²) in [4.78, 5) is 13.5. The minimum Gasteiger partial charge on any atom is -0.361 e. The van der Waals surface area contributed by atoms with Gasteiger partial charge >= 0.3 is 0 Å². The minimum absolute atomic E-state index is 0.00670. The van der Waals surface area contributed by atoms with Gasteiger partial charge < -0.3 is 9.80 Å². The Balaban J connectivity index is 1.32. The van der Waals surface area contributed by atoms with Crippen LogP contribution in [0.5, 0.6) is 0 Å². The normalized spacial score (nSPS) is 20.3. The van der Waals surface area contributed by atoms with Crippen LogP contribution in [0.2, 0.25) is 0 Å². The van der Waals surface area contributed by atoms with Gasteiger partial charge in [-0.3, -0.25) is 0 Å². The first-order valence-electron chi connectivity index (χ1n) is 14.0. The summed E-state index contributed by atoms with van der Waals surface area (Å²) in [6.45, 7) is 13.4. The highest BCUT2D eigenvalue weighted by atomic mass is 32.2. The molecule has 2 atom stereocenters. The standard InChI is InChI=1S/C29H46FN5O2S/c1-5-26(8-7-25(4)33-38(36,37)6-2)19-34-15-13-29(14-16-34)20-35(21-29)23-32-22-31-18-24(3)17-27-9-11-28(30)12-10-27/h9-12,18,22-23,25-26,33H,5-8,13-17,19-21H2,1-4H3/b24-18+,31-22?,32-23?/t25?,26-/m0/s1. The Kier molecular flexibility index (Phi) is 11.5. The fourth-order valence-corrected chi connectivity index (χ4v) is 6.34. The molecule has 0 aromatic heterocycles. The van der Waals surface area contributed by atoms with Gasteiger partial charge in [-0.1, -0.05) is 31.1 Å². The molecule has 0 bridgehead atoms. The van der Waals surface area contributed by atoms with E-state index < -0.39 is 10.0 Å². The van der Waals surface area contributed by atoms with Crippen LogP contribution in [0, 0.1) is 17.2 Å². The third-order valence-corrected chi connectivity index (χ3v) is 9.43. The van der Waals surface area contributed by atoms with Crippen molar-refractivity contribution in [2.24, 2.45) is 21.3 Å². The molecule has 0 amide bonds. The Labute approximate surface area is 229 Å². The predicted octanol–water partition coefficient (Wildman–Crippen LogP) is 4.86. The maximum Gasteiger partial charge on any atom is 0.211 e. The smallest absolute Gasteiger partial charge is 0.211 e. The zero-order valence-electron chi connectivity index (χ0n) is 23.6. The number of nitrogens with one attached hydrogen (secondary N) is 1. The number of nitrogens with zero attached hydrogens (tertiary/aromatic N) is 4. The molecule has 2 aliphatic heterocycles. The van der Waals surface area contributed by atoms with Crippen molar-refractivity contribution in [3.8, 4) is 0 Å².